The van der Waals surface area contributed by atoms with E-state index in [1.165, 1.54) is 0 Å². The average molecular weight is 645 g/mol. The Morgan fingerprint density at radius 2 is 0.702 bits per heavy atom. The van der Waals surface area contributed by atoms with E-state index in [4.69, 9.17) is 28.4 Å². The highest BCUT2D eigenvalue weighted by atomic mass is 31.2. The normalized spacial score (nSPS) is 17.9. The maximum absolute atomic E-state index is 17.6. The fourth-order valence-electron chi connectivity index (χ4n) is 7.24. The molecule has 0 aromatic heterocycles. The van der Waals surface area contributed by atoms with Crippen molar-refractivity contribution in [1.29, 1.82) is 0 Å². The zero-order chi connectivity index (χ0) is 32.5. The van der Waals surface area contributed by atoms with E-state index in [9.17, 15) is 0 Å². The Kier molecular flexibility index (Phi) is 5.52. The molecule has 0 unspecified atom stereocenters. The van der Waals surface area contributed by atoms with Crippen LogP contribution in [-0.2, 0) is 4.57 Å². The lowest BCUT2D eigenvalue weighted by atomic mass is 10.1. The molecule has 236 valence electrons. The molecule has 47 heavy (non-hydrogen) atoms. The predicted molar refractivity (Wildman–Crippen MR) is 184 cm³/mol. The molecule has 0 amide bonds. The van der Waals surface area contributed by atoms with Crippen LogP contribution in [0, 0.1) is 0 Å². The zero-order valence-corrected chi connectivity index (χ0v) is 27.9. The van der Waals surface area contributed by atoms with Gasteiger partial charge in [-0.05, 0) is 50.5 Å². The first-order valence-corrected chi connectivity index (χ1v) is 17.5. The predicted octanol–water partition coefficient (Wildman–Crippen LogP) is 8.31. The zero-order valence-electron chi connectivity index (χ0n) is 27.0. The van der Waals surface area contributed by atoms with Crippen molar-refractivity contribution < 1.29 is 33.0 Å². The first kappa shape index (κ1) is 28.4. The molecule has 3 aliphatic rings. The summed E-state index contributed by atoms with van der Waals surface area (Å²) in [6, 6.07) is 29.6. The lowest BCUT2D eigenvalue weighted by Gasteiger charge is -2.28. The number of hydrogen-bond donors (Lipinski definition) is 0. The molecule has 6 aromatic rings. The van der Waals surface area contributed by atoms with E-state index in [2.05, 4.69) is 0 Å². The molecular weight excluding hydrogens is 611 g/mol. The number of benzene rings is 6. The highest BCUT2D eigenvalue weighted by molar-refractivity contribution is 7.87. The maximum atomic E-state index is 17.6. The molecule has 3 aliphatic heterocycles. The van der Waals surface area contributed by atoms with Crippen molar-refractivity contribution in [2.24, 2.45) is 0 Å². The minimum absolute atomic E-state index is 0.428. The summed E-state index contributed by atoms with van der Waals surface area (Å²) in [5, 5.41) is 6.45. The van der Waals surface area contributed by atoms with Gasteiger partial charge in [-0.2, -0.15) is 0 Å². The summed E-state index contributed by atoms with van der Waals surface area (Å²) in [5.74, 6) is -0.143. The summed E-state index contributed by atoms with van der Waals surface area (Å²) in [6.07, 6.45) is 0. The number of hydrogen-bond acceptors (Lipinski definition) is 7. The summed E-state index contributed by atoms with van der Waals surface area (Å²) >= 11 is 0. The van der Waals surface area contributed by atoms with Crippen LogP contribution >= 0.6 is 7.14 Å². The molecule has 3 heterocycles. The summed E-state index contributed by atoms with van der Waals surface area (Å²) in [4.78, 5) is 0. The highest BCUT2D eigenvalue weighted by Gasteiger charge is 2.51. The summed E-state index contributed by atoms with van der Waals surface area (Å²) in [6.45, 7) is 11.1. The molecule has 0 N–H and O–H groups in total. The van der Waals surface area contributed by atoms with E-state index in [0.717, 1.165) is 32.3 Å². The first-order chi connectivity index (χ1) is 22.3. The van der Waals surface area contributed by atoms with E-state index in [1.54, 1.807) is 0 Å². The molecule has 0 saturated carbocycles. The third-order valence-corrected chi connectivity index (χ3v) is 12.1. The lowest BCUT2D eigenvalue weighted by molar-refractivity contribution is -0.0432. The van der Waals surface area contributed by atoms with Gasteiger partial charge in [-0.1, -0.05) is 72.8 Å². The Morgan fingerprint density at radius 1 is 0.426 bits per heavy atom. The quantitative estimate of drug-likeness (QED) is 0.180. The molecule has 0 aliphatic carbocycles. The molecular formula is C39H33O7P. The third kappa shape index (κ3) is 4.09. The van der Waals surface area contributed by atoms with Gasteiger partial charge in [0.1, 0.15) is 0 Å². The maximum Gasteiger partial charge on any atom is 0.246 e. The van der Waals surface area contributed by atoms with Crippen LogP contribution in [0.1, 0.15) is 41.5 Å². The molecule has 0 bridgehead atoms. The van der Waals surface area contributed by atoms with Gasteiger partial charge in [0, 0.05) is 41.5 Å². The fourth-order valence-corrected chi connectivity index (χ4v) is 10.9. The van der Waals surface area contributed by atoms with E-state index in [1.807, 2.05) is 133 Å². The molecule has 0 atom stereocenters. The molecule has 0 spiro atoms. The second-order valence-corrected chi connectivity index (χ2v) is 16.3. The first-order valence-electron chi connectivity index (χ1n) is 15.8. The van der Waals surface area contributed by atoms with Gasteiger partial charge in [0.15, 0.2) is 41.6 Å². The Morgan fingerprint density at radius 3 is 1.00 bits per heavy atom. The van der Waals surface area contributed by atoms with Crippen LogP contribution in [0.15, 0.2) is 91.0 Å². The molecule has 8 heteroatoms. The Labute approximate surface area is 272 Å². The number of fused-ring (bicyclic) bond motifs is 6. The van der Waals surface area contributed by atoms with Gasteiger partial charge in [0.05, 0.1) is 15.9 Å². The largest absolute Gasteiger partial charge is 0.449 e. The standard InChI is InChI=1S/C39H33O7P/c1-37(2)41-28-19-22-13-7-10-16-25(22)34(31(28)44-37)47(40,35-26-17-11-8-14-23(26)20-29-32(35)45-38(3,4)42-29)36-27-18-12-9-15-24(27)21-30-33(36)46-39(5,6)43-30/h7-21H,1-6H3. The van der Waals surface area contributed by atoms with Crippen LogP contribution in [0.25, 0.3) is 32.3 Å². The second-order valence-electron chi connectivity index (χ2n) is 13.7. The van der Waals surface area contributed by atoms with Crippen LogP contribution in [0.4, 0.5) is 0 Å². The third-order valence-electron chi connectivity index (χ3n) is 8.88. The lowest BCUT2D eigenvalue weighted by Crippen LogP contribution is -2.34. The molecule has 9 rings (SSSR count). The van der Waals surface area contributed by atoms with E-state index in [-0.39, 0.29) is 0 Å². The van der Waals surface area contributed by atoms with Crippen molar-refractivity contribution in [2.75, 3.05) is 0 Å². The summed E-state index contributed by atoms with van der Waals surface area (Å²) in [5.41, 5.74) is 0. The van der Waals surface area contributed by atoms with Gasteiger partial charge in [0.2, 0.25) is 17.4 Å². The van der Waals surface area contributed by atoms with Gasteiger partial charge in [-0.25, -0.2) is 0 Å². The van der Waals surface area contributed by atoms with Crippen molar-refractivity contribution in [3.63, 3.8) is 0 Å². The fraction of sp³-hybridized carbons (Fsp3) is 0.231. The Bertz CT molecular complexity index is 2130. The van der Waals surface area contributed by atoms with Gasteiger partial charge in [0.25, 0.3) is 0 Å². The van der Waals surface area contributed by atoms with Gasteiger partial charge >= 0.3 is 0 Å². The van der Waals surface area contributed by atoms with E-state index < -0.39 is 24.5 Å². The molecule has 6 aromatic carbocycles. The van der Waals surface area contributed by atoms with Crippen LogP contribution in [0.5, 0.6) is 34.5 Å². The van der Waals surface area contributed by atoms with Crippen LogP contribution in [0.3, 0.4) is 0 Å². The number of ether oxygens (including phenoxy) is 6. The van der Waals surface area contributed by atoms with E-state index >= 15 is 4.57 Å². The Hall–Kier alpha value is -4.87. The summed E-state index contributed by atoms with van der Waals surface area (Å²) < 4.78 is 56.6. The van der Waals surface area contributed by atoms with Crippen molar-refractivity contribution >= 4 is 55.4 Å². The van der Waals surface area contributed by atoms with Crippen LogP contribution in [-0.4, -0.2) is 17.4 Å². The smallest absolute Gasteiger partial charge is 0.246 e. The minimum atomic E-state index is -4.12. The van der Waals surface area contributed by atoms with Crippen molar-refractivity contribution in [2.45, 2.75) is 58.9 Å². The monoisotopic (exact) mass is 644 g/mol. The topological polar surface area (TPSA) is 72.5 Å². The van der Waals surface area contributed by atoms with Gasteiger partial charge in [-0.3, -0.25) is 0 Å². The van der Waals surface area contributed by atoms with Crippen molar-refractivity contribution in [3.05, 3.63) is 91.0 Å². The molecule has 0 saturated heterocycles. The van der Waals surface area contributed by atoms with Crippen molar-refractivity contribution in [1.82, 2.24) is 0 Å². The molecule has 7 nitrogen and oxygen atoms in total. The van der Waals surface area contributed by atoms with Crippen LogP contribution in [0.2, 0.25) is 0 Å². The highest BCUT2D eigenvalue weighted by Crippen LogP contribution is 2.61. The number of rotatable bonds is 3. The van der Waals surface area contributed by atoms with Gasteiger partial charge < -0.3 is 33.0 Å². The van der Waals surface area contributed by atoms with Crippen molar-refractivity contribution in [3.8, 4) is 34.5 Å². The second kappa shape index (κ2) is 9.14. The van der Waals surface area contributed by atoms with Gasteiger partial charge in [-0.15, -0.1) is 0 Å². The Balaban J connectivity index is 1.55. The van der Waals surface area contributed by atoms with Crippen LogP contribution < -0.4 is 44.3 Å². The SMILES string of the molecule is CC1(C)Oc2cc3ccccc3c(P(=O)(c3c4c(cc5ccccc35)OC(C)(C)O4)c3c4c(cc5ccccc35)OC(C)(C)O4)c2O1. The van der Waals surface area contributed by atoms with E-state index in [0.29, 0.717) is 50.4 Å². The average Bonchev–Trinajstić information content (AvgIpc) is 3.61. The molecule has 0 radical (unpaired) electrons. The minimum Gasteiger partial charge on any atom is -0.449 e. The summed E-state index contributed by atoms with van der Waals surface area (Å²) in [7, 11) is -4.12. The molecule has 0 fully saturated rings.